The maximum Gasteiger partial charge on any atom is 0.291 e. The van der Waals surface area contributed by atoms with Gasteiger partial charge in [-0.05, 0) is 42.8 Å². The van der Waals surface area contributed by atoms with Crippen molar-refractivity contribution in [1.82, 2.24) is 0 Å². The molecule has 2 aromatic carbocycles. The van der Waals surface area contributed by atoms with Crippen LogP contribution in [0.4, 0.5) is 5.69 Å². The summed E-state index contributed by atoms with van der Waals surface area (Å²) in [6.45, 7) is 1.85. The van der Waals surface area contributed by atoms with Crippen LogP contribution in [-0.4, -0.2) is 5.91 Å². The first-order valence-electron chi connectivity index (χ1n) is 6.31. The second kappa shape index (κ2) is 5.54. The number of benzene rings is 2. The standard InChI is InChI=1S/C16H11BrClNO2/c1-9-12(18)5-3-6-13(9)19-16(20)15-8-10-11(17)4-2-7-14(10)21-15/h2-8H,1H3,(H,19,20). The van der Waals surface area contributed by atoms with Crippen molar-refractivity contribution in [2.45, 2.75) is 6.92 Å². The molecule has 1 aromatic heterocycles. The first-order valence-corrected chi connectivity index (χ1v) is 7.48. The Morgan fingerprint density at radius 1 is 1.24 bits per heavy atom. The van der Waals surface area contributed by atoms with Crippen LogP contribution in [0.25, 0.3) is 11.0 Å². The van der Waals surface area contributed by atoms with Crippen LogP contribution in [0.3, 0.4) is 0 Å². The van der Waals surface area contributed by atoms with Gasteiger partial charge in [-0.3, -0.25) is 4.79 Å². The monoisotopic (exact) mass is 363 g/mol. The van der Waals surface area contributed by atoms with Gasteiger partial charge in [-0.25, -0.2) is 0 Å². The highest BCUT2D eigenvalue weighted by atomic mass is 79.9. The van der Waals surface area contributed by atoms with Gasteiger partial charge in [-0.2, -0.15) is 0 Å². The maximum absolute atomic E-state index is 12.3. The highest BCUT2D eigenvalue weighted by Gasteiger charge is 2.15. The van der Waals surface area contributed by atoms with Crippen molar-refractivity contribution in [3.63, 3.8) is 0 Å². The molecule has 106 valence electrons. The molecule has 21 heavy (non-hydrogen) atoms. The molecule has 0 aliphatic rings. The number of hydrogen-bond acceptors (Lipinski definition) is 2. The largest absolute Gasteiger partial charge is 0.451 e. The van der Waals surface area contributed by atoms with Crippen LogP contribution in [-0.2, 0) is 0 Å². The highest BCUT2D eigenvalue weighted by molar-refractivity contribution is 9.10. The Hall–Kier alpha value is -1.78. The number of fused-ring (bicyclic) bond motifs is 1. The zero-order chi connectivity index (χ0) is 15.0. The van der Waals surface area contributed by atoms with E-state index in [4.69, 9.17) is 16.0 Å². The Morgan fingerprint density at radius 3 is 2.76 bits per heavy atom. The third kappa shape index (κ3) is 2.69. The summed E-state index contributed by atoms with van der Waals surface area (Å²) in [6.07, 6.45) is 0. The van der Waals surface area contributed by atoms with Gasteiger partial charge in [0.05, 0.1) is 0 Å². The molecule has 0 atom stereocenters. The highest BCUT2D eigenvalue weighted by Crippen LogP contribution is 2.28. The van der Waals surface area contributed by atoms with Crippen LogP contribution < -0.4 is 5.32 Å². The van der Waals surface area contributed by atoms with E-state index in [0.29, 0.717) is 16.3 Å². The molecule has 0 aliphatic carbocycles. The van der Waals surface area contributed by atoms with Gasteiger partial charge < -0.3 is 9.73 Å². The Kier molecular flexibility index (Phi) is 3.74. The Labute approximate surface area is 135 Å². The molecule has 0 saturated heterocycles. The van der Waals surface area contributed by atoms with Crippen LogP contribution in [0.2, 0.25) is 5.02 Å². The van der Waals surface area contributed by atoms with Crippen LogP contribution in [0, 0.1) is 6.92 Å². The molecular formula is C16H11BrClNO2. The number of hydrogen-bond donors (Lipinski definition) is 1. The van der Waals surface area contributed by atoms with Gasteiger partial charge in [-0.1, -0.05) is 39.7 Å². The number of halogens is 2. The van der Waals surface area contributed by atoms with Crippen LogP contribution in [0.1, 0.15) is 16.1 Å². The first-order chi connectivity index (χ1) is 10.1. The average Bonchev–Trinajstić information content (AvgIpc) is 2.89. The maximum atomic E-state index is 12.3. The van der Waals surface area contributed by atoms with Crippen molar-refractivity contribution in [2.75, 3.05) is 5.32 Å². The van der Waals surface area contributed by atoms with Crippen molar-refractivity contribution < 1.29 is 9.21 Å². The molecule has 1 amide bonds. The smallest absolute Gasteiger partial charge is 0.291 e. The summed E-state index contributed by atoms with van der Waals surface area (Å²) in [5, 5.41) is 4.29. The van der Waals surface area contributed by atoms with E-state index in [2.05, 4.69) is 21.2 Å². The summed E-state index contributed by atoms with van der Waals surface area (Å²) < 4.78 is 6.47. The summed E-state index contributed by atoms with van der Waals surface area (Å²) in [6, 6.07) is 12.7. The van der Waals surface area contributed by atoms with Crippen LogP contribution in [0.15, 0.2) is 51.4 Å². The molecule has 0 bridgehead atoms. The van der Waals surface area contributed by atoms with Crippen LogP contribution in [0.5, 0.6) is 0 Å². The third-order valence-electron chi connectivity index (χ3n) is 3.25. The van der Waals surface area contributed by atoms with Crippen LogP contribution >= 0.6 is 27.5 Å². The number of rotatable bonds is 2. The van der Waals surface area contributed by atoms with Crippen molar-refractivity contribution in [3.05, 3.63) is 63.3 Å². The van der Waals surface area contributed by atoms with Gasteiger partial charge in [0.15, 0.2) is 5.76 Å². The molecule has 0 fully saturated rings. The fourth-order valence-corrected chi connectivity index (χ4v) is 2.70. The number of amides is 1. The summed E-state index contributed by atoms with van der Waals surface area (Å²) in [5.41, 5.74) is 2.16. The van der Waals surface area contributed by atoms with Crippen molar-refractivity contribution in [2.24, 2.45) is 0 Å². The Bertz CT molecular complexity index is 841. The van der Waals surface area contributed by atoms with Gasteiger partial charge in [-0.15, -0.1) is 0 Å². The lowest BCUT2D eigenvalue weighted by molar-refractivity contribution is 0.0998. The van der Waals surface area contributed by atoms with Crippen molar-refractivity contribution >= 4 is 50.1 Å². The van der Waals surface area contributed by atoms with Gasteiger partial charge in [0, 0.05) is 20.6 Å². The van der Waals surface area contributed by atoms with Crippen molar-refractivity contribution in [1.29, 1.82) is 0 Å². The molecule has 3 nitrogen and oxygen atoms in total. The van der Waals surface area contributed by atoms with E-state index in [1.807, 2.05) is 25.1 Å². The molecule has 3 aromatic rings. The topological polar surface area (TPSA) is 42.2 Å². The Morgan fingerprint density at radius 2 is 2.00 bits per heavy atom. The summed E-state index contributed by atoms with van der Waals surface area (Å²) >= 11 is 9.49. The van der Waals surface area contributed by atoms with E-state index >= 15 is 0 Å². The average molecular weight is 365 g/mol. The molecule has 1 heterocycles. The lowest BCUT2D eigenvalue weighted by atomic mass is 10.2. The fourth-order valence-electron chi connectivity index (χ4n) is 2.06. The minimum absolute atomic E-state index is 0.260. The minimum Gasteiger partial charge on any atom is -0.451 e. The fraction of sp³-hybridized carbons (Fsp3) is 0.0625. The van der Waals surface area contributed by atoms with E-state index < -0.39 is 0 Å². The molecular weight excluding hydrogens is 354 g/mol. The summed E-state index contributed by atoms with van der Waals surface area (Å²) in [4.78, 5) is 12.3. The number of carbonyl (C=O) groups excluding carboxylic acids is 1. The first kappa shape index (κ1) is 14.2. The van der Waals surface area contributed by atoms with E-state index in [0.717, 1.165) is 15.4 Å². The van der Waals surface area contributed by atoms with Crippen molar-refractivity contribution in [3.8, 4) is 0 Å². The Balaban J connectivity index is 1.94. The number of carbonyl (C=O) groups is 1. The molecule has 0 radical (unpaired) electrons. The minimum atomic E-state index is -0.302. The van der Waals surface area contributed by atoms with E-state index in [9.17, 15) is 4.79 Å². The second-order valence-corrected chi connectivity index (χ2v) is 5.89. The van der Waals surface area contributed by atoms with Gasteiger partial charge in [0.1, 0.15) is 5.58 Å². The van der Waals surface area contributed by atoms with E-state index in [-0.39, 0.29) is 11.7 Å². The number of anilines is 1. The lowest BCUT2D eigenvalue weighted by Gasteiger charge is -2.07. The lowest BCUT2D eigenvalue weighted by Crippen LogP contribution is -2.11. The molecule has 0 unspecified atom stereocenters. The normalized spacial score (nSPS) is 10.8. The van der Waals surface area contributed by atoms with Gasteiger partial charge in [0.2, 0.25) is 0 Å². The summed E-state index contributed by atoms with van der Waals surface area (Å²) in [5.74, 6) is -0.0419. The predicted molar refractivity (Wildman–Crippen MR) is 88.1 cm³/mol. The third-order valence-corrected chi connectivity index (χ3v) is 4.35. The number of furan rings is 1. The summed E-state index contributed by atoms with van der Waals surface area (Å²) in [7, 11) is 0. The quantitative estimate of drug-likeness (QED) is 0.660. The van der Waals surface area contributed by atoms with Gasteiger partial charge >= 0.3 is 0 Å². The van der Waals surface area contributed by atoms with Gasteiger partial charge in [0.25, 0.3) is 5.91 Å². The van der Waals surface area contributed by atoms with E-state index in [1.54, 1.807) is 24.3 Å². The number of nitrogens with one attached hydrogen (secondary N) is 1. The van der Waals surface area contributed by atoms with E-state index in [1.165, 1.54) is 0 Å². The zero-order valence-electron chi connectivity index (χ0n) is 11.1. The molecule has 0 aliphatic heterocycles. The zero-order valence-corrected chi connectivity index (χ0v) is 13.5. The molecule has 0 saturated carbocycles. The predicted octanol–water partition coefficient (Wildman–Crippen LogP) is 5.41. The SMILES string of the molecule is Cc1c(Cl)cccc1NC(=O)c1cc2c(Br)cccc2o1. The molecule has 0 spiro atoms. The molecule has 1 N–H and O–H groups in total. The second-order valence-electron chi connectivity index (χ2n) is 4.63. The molecule has 5 heteroatoms. The molecule has 3 rings (SSSR count).